The van der Waals surface area contributed by atoms with Gasteiger partial charge in [0.1, 0.15) is 5.75 Å². The molecule has 3 aromatic carbocycles. The van der Waals surface area contributed by atoms with Gasteiger partial charge in [-0.2, -0.15) is 0 Å². The quantitative estimate of drug-likeness (QED) is 0.351. The average molecular weight is 427 g/mol. The molecule has 0 unspecified atom stereocenters. The van der Waals surface area contributed by atoms with Crippen molar-refractivity contribution in [1.82, 2.24) is 4.98 Å². The molecular weight excluding hydrogens is 400 g/mol. The van der Waals surface area contributed by atoms with Gasteiger partial charge in [0.2, 0.25) is 0 Å². The normalized spacial score (nSPS) is 10.8. The Morgan fingerprint density at radius 1 is 0.906 bits per heavy atom. The topological polar surface area (TPSA) is 71.5 Å². The van der Waals surface area contributed by atoms with Crippen LogP contribution in [-0.4, -0.2) is 22.7 Å². The number of ether oxygens (including phenoxy) is 1. The van der Waals surface area contributed by atoms with Crippen LogP contribution < -0.4 is 10.1 Å². The van der Waals surface area contributed by atoms with Gasteiger partial charge in [-0.25, -0.2) is 0 Å². The van der Waals surface area contributed by atoms with Crippen LogP contribution in [0.3, 0.4) is 0 Å². The third-order valence-electron chi connectivity index (χ3n) is 5.36. The summed E-state index contributed by atoms with van der Waals surface area (Å²) in [6.07, 6.45) is 4.82. The molecule has 0 aliphatic rings. The van der Waals surface area contributed by atoms with Crippen LogP contribution >= 0.6 is 0 Å². The van der Waals surface area contributed by atoms with Gasteiger partial charge in [-0.1, -0.05) is 54.6 Å². The van der Waals surface area contributed by atoms with Crippen LogP contribution in [-0.2, 0) is 24.2 Å². The van der Waals surface area contributed by atoms with Gasteiger partial charge in [-0.05, 0) is 52.1 Å². The fourth-order valence-electron chi connectivity index (χ4n) is 3.64. The molecule has 0 fully saturated rings. The highest BCUT2D eigenvalue weighted by Gasteiger charge is 2.09. The molecule has 0 atom stereocenters. The molecule has 5 heteroatoms. The molecule has 0 saturated carbocycles. The van der Waals surface area contributed by atoms with Gasteiger partial charge in [0.15, 0.2) is 0 Å². The third-order valence-corrected chi connectivity index (χ3v) is 5.36. The molecule has 4 rings (SSSR count). The third kappa shape index (κ3) is 5.85. The first-order valence-electron chi connectivity index (χ1n) is 10.8. The summed E-state index contributed by atoms with van der Waals surface area (Å²) >= 11 is 0. The number of nitrogens with zero attached hydrogens (tertiary/aromatic N) is 1. The van der Waals surface area contributed by atoms with E-state index in [1.807, 2.05) is 42.5 Å². The Labute approximate surface area is 187 Å². The molecular formula is C27H26N2O3. The van der Waals surface area contributed by atoms with Crippen molar-refractivity contribution in [3.05, 3.63) is 102 Å². The fraction of sp³-hybridized carbons (Fsp3) is 0.185. The highest BCUT2D eigenvalue weighted by atomic mass is 16.5. The van der Waals surface area contributed by atoms with Crippen LogP contribution in [0.4, 0.5) is 5.69 Å². The van der Waals surface area contributed by atoms with E-state index in [9.17, 15) is 4.79 Å². The Hall–Kier alpha value is -3.86. The highest BCUT2D eigenvalue weighted by Crippen LogP contribution is 2.24. The SMILES string of the molecule is O=C(O)CCc1ccc(CNc2cccnc2)cc1OCCc1ccc2ccccc2c1. The lowest BCUT2D eigenvalue weighted by molar-refractivity contribution is -0.136. The van der Waals surface area contributed by atoms with E-state index in [1.165, 1.54) is 16.3 Å². The van der Waals surface area contributed by atoms with E-state index in [4.69, 9.17) is 9.84 Å². The number of hydrogen-bond donors (Lipinski definition) is 2. The molecule has 0 radical (unpaired) electrons. The summed E-state index contributed by atoms with van der Waals surface area (Å²) in [7, 11) is 0. The van der Waals surface area contributed by atoms with Crippen molar-refractivity contribution >= 4 is 22.4 Å². The molecule has 162 valence electrons. The largest absolute Gasteiger partial charge is 0.493 e. The summed E-state index contributed by atoms with van der Waals surface area (Å²) in [6.45, 7) is 1.16. The molecule has 5 nitrogen and oxygen atoms in total. The van der Waals surface area contributed by atoms with Crippen LogP contribution in [0, 0.1) is 0 Å². The maximum atomic E-state index is 11.1. The number of aromatic nitrogens is 1. The molecule has 32 heavy (non-hydrogen) atoms. The standard InChI is InChI=1S/C27H26N2O3/c30-27(31)12-11-23-10-8-21(18-29-25-6-3-14-28-19-25)17-26(23)32-15-13-20-7-9-22-4-1-2-5-24(22)16-20/h1-10,14,16-17,19,29H,11-13,15,18H2,(H,30,31). The van der Waals surface area contributed by atoms with Gasteiger partial charge < -0.3 is 15.2 Å². The lowest BCUT2D eigenvalue weighted by Gasteiger charge is -2.14. The molecule has 0 saturated heterocycles. The highest BCUT2D eigenvalue weighted by molar-refractivity contribution is 5.83. The molecule has 0 spiro atoms. The van der Waals surface area contributed by atoms with Crippen molar-refractivity contribution in [3.8, 4) is 5.75 Å². The molecule has 1 aromatic heterocycles. The van der Waals surface area contributed by atoms with E-state index in [1.54, 1.807) is 12.4 Å². The molecule has 0 bridgehead atoms. The number of nitrogens with one attached hydrogen (secondary N) is 1. The molecule has 2 N–H and O–H groups in total. The van der Waals surface area contributed by atoms with Crippen LogP contribution in [0.15, 0.2) is 85.2 Å². The Kier molecular flexibility index (Phi) is 6.98. The number of aryl methyl sites for hydroxylation is 1. The second-order valence-corrected chi connectivity index (χ2v) is 7.71. The monoisotopic (exact) mass is 426 g/mol. The number of carbonyl (C=O) groups is 1. The van der Waals surface area contributed by atoms with Crippen LogP contribution in [0.5, 0.6) is 5.75 Å². The number of carboxylic acid groups (broad SMARTS) is 1. The maximum Gasteiger partial charge on any atom is 0.303 e. The minimum atomic E-state index is -0.811. The average Bonchev–Trinajstić information content (AvgIpc) is 2.82. The second kappa shape index (κ2) is 10.4. The first-order valence-corrected chi connectivity index (χ1v) is 10.8. The number of fused-ring (bicyclic) bond motifs is 1. The van der Waals surface area contributed by atoms with Crippen molar-refractivity contribution < 1.29 is 14.6 Å². The number of hydrogen-bond acceptors (Lipinski definition) is 4. The van der Waals surface area contributed by atoms with E-state index in [0.717, 1.165) is 29.0 Å². The molecule has 0 aliphatic carbocycles. The predicted molar refractivity (Wildman–Crippen MR) is 127 cm³/mol. The van der Waals surface area contributed by atoms with Crippen molar-refractivity contribution in [3.63, 3.8) is 0 Å². The second-order valence-electron chi connectivity index (χ2n) is 7.71. The van der Waals surface area contributed by atoms with E-state index in [0.29, 0.717) is 19.6 Å². The number of carboxylic acids is 1. The summed E-state index contributed by atoms with van der Waals surface area (Å²) in [6, 6.07) is 24.6. The zero-order valence-corrected chi connectivity index (χ0v) is 17.8. The van der Waals surface area contributed by atoms with Crippen LogP contribution in [0.25, 0.3) is 10.8 Å². The summed E-state index contributed by atoms with van der Waals surface area (Å²) < 4.78 is 6.15. The summed E-state index contributed by atoms with van der Waals surface area (Å²) in [5, 5.41) is 14.9. The zero-order valence-electron chi connectivity index (χ0n) is 17.8. The van der Waals surface area contributed by atoms with E-state index in [2.05, 4.69) is 40.6 Å². The van der Waals surface area contributed by atoms with Crippen molar-refractivity contribution in [2.45, 2.75) is 25.8 Å². The number of aliphatic carboxylic acids is 1. The van der Waals surface area contributed by atoms with Gasteiger partial charge in [-0.15, -0.1) is 0 Å². The van der Waals surface area contributed by atoms with Crippen LogP contribution in [0.1, 0.15) is 23.1 Å². The molecule has 1 heterocycles. The number of pyridine rings is 1. The van der Waals surface area contributed by atoms with Crippen molar-refractivity contribution in [2.24, 2.45) is 0 Å². The van der Waals surface area contributed by atoms with E-state index in [-0.39, 0.29) is 6.42 Å². The zero-order chi connectivity index (χ0) is 22.2. The molecule has 4 aromatic rings. The Morgan fingerprint density at radius 3 is 2.56 bits per heavy atom. The number of rotatable bonds is 10. The first kappa shape index (κ1) is 21.4. The van der Waals surface area contributed by atoms with Gasteiger partial charge in [-0.3, -0.25) is 9.78 Å². The fourth-order valence-corrected chi connectivity index (χ4v) is 3.64. The Morgan fingerprint density at radius 2 is 1.75 bits per heavy atom. The van der Waals surface area contributed by atoms with Crippen molar-refractivity contribution in [2.75, 3.05) is 11.9 Å². The summed E-state index contributed by atoms with van der Waals surface area (Å²) in [5.74, 6) is -0.0630. The van der Waals surface area contributed by atoms with Gasteiger partial charge in [0.25, 0.3) is 0 Å². The number of anilines is 1. The van der Waals surface area contributed by atoms with Gasteiger partial charge >= 0.3 is 5.97 Å². The maximum absolute atomic E-state index is 11.1. The van der Waals surface area contributed by atoms with E-state index < -0.39 is 5.97 Å². The van der Waals surface area contributed by atoms with Gasteiger partial charge in [0, 0.05) is 31.8 Å². The molecule has 0 aliphatic heterocycles. The minimum absolute atomic E-state index is 0.0777. The lowest BCUT2D eigenvalue weighted by Crippen LogP contribution is -2.07. The summed E-state index contributed by atoms with van der Waals surface area (Å²) in [4.78, 5) is 15.2. The molecule has 0 amide bonds. The Bertz CT molecular complexity index is 1190. The van der Waals surface area contributed by atoms with E-state index >= 15 is 0 Å². The van der Waals surface area contributed by atoms with Crippen molar-refractivity contribution in [1.29, 1.82) is 0 Å². The number of benzene rings is 3. The minimum Gasteiger partial charge on any atom is -0.493 e. The first-order chi connectivity index (χ1) is 15.7. The Balaban J connectivity index is 1.43. The lowest BCUT2D eigenvalue weighted by atomic mass is 10.0. The van der Waals surface area contributed by atoms with Crippen LogP contribution in [0.2, 0.25) is 0 Å². The predicted octanol–water partition coefficient (Wildman–Crippen LogP) is 5.49. The summed E-state index contributed by atoms with van der Waals surface area (Å²) in [5.41, 5.74) is 4.14. The van der Waals surface area contributed by atoms with Gasteiger partial charge in [0.05, 0.1) is 12.3 Å². The smallest absolute Gasteiger partial charge is 0.303 e.